The Morgan fingerprint density at radius 1 is 1.00 bits per heavy atom. The molecular weight excluding hydrogens is 274 g/mol. The molecule has 1 heterocycles. The quantitative estimate of drug-likeness (QED) is 0.745. The smallest absolute Gasteiger partial charge is 0.0390 e. The highest BCUT2D eigenvalue weighted by Gasteiger charge is 2.29. The van der Waals surface area contributed by atoms with E-state index >= 15 is 0 Å². The fraction of sp³-hybridized carbons (Fsp3) is 0.263. The van der Waals surface area contributed by atoms with Gasteiger partial charge in [0.2, 0.25) is 0 Å². The van der Waals surface area contributed by atoms with E-state index < -0.39 is 0 Å². The summed E-state index contributed by atoms with van der Waals surface area (Å²) in [6.07, 6.45) is 2.37. The third-order valence-corrected chi connectivity index (χ3v) is 5.69. The first kappa shape index (κ1) is 13.1. The molecule has 2 heteroatoms. The van der Waals surface area contributed by atoms with Crippen LogP contribution in [0.4, 0.5) is 0 Å². The minimum Gasteiger partial charge on any atom is -0.313 e. The average Bonchev–Trinajstić information content (AvgIpc) is 3.14. The molecule has 0 saturated carbocycles. The van der Waals surface area contributed by atoms with Gasteiger partial charge in [0.25, 0.3) is 0 Å². The van der Waals surface area contributed by atoms with Crippen LogP contribution in [0.5, 0.6) is 0 Å². The molecule has 1 nitrogen and oxygen atoms in total. The van der Waals surface area contributed by atoms with Gasteiger partial charge in [-0.05, 0) is 59.3 Å². The molecule has 0 amide bonds. The number of rotatable bonds is 3. The number of benzene rings is 2. The molecule has 0 spiro atoms. The van der Waals surface area contributed by atoms with E-state index in [1.165, 1.54) is 39.6 Å². The van der Waals surface area contributed by atoms with Crippen LogP contribution in [0.2, 0.25) is 0 Å². The van der Waals surface area contributed by atoms with Crippen LogP contribution < -0.4 is 5.32 Å². The lowest BCUT2D eigenvalue weighted by atomic mass is 9.90. The van der Waals surface area contributed by atoms with Gasteiger partial charge >= 0.3 is 0 Å². The van der Waals surface area contributed by atoms with Crippen molar-refractivity contribution < 1.29 is 0 Å². The van der Waals surface area contributed by atoms with Gasteiger partial charge in [0.15, 0.2) is 0 Å². The zero-order valence-electron chi connectivity index (χ0n) is 12.2. The molecular formula is C19H19NS. The zero-order chi connectivity index (χ0) is 14.2. The van der Waals surface area contributed by atoms with Crippen LogP contribution >= 0.6 is 11.3 Å². The van der Waals surface area contributed by atoms with Crippen LogP contribution in [0.15, 0.2) is 53.9 Å². The molecule has 21 heavy (non-hydrogen) atoms. The normalized spacial score (nSPS) is 16.2. The number of thiophene rings is 1. The Morgan fingerprint density at radius 2 is 1.76 bits per heavy atom. The van der Waals surface area contributed by atoms with E-state index in [2.05, 4.69) is 66.3 Å². The van der Waals surface area contributed by atoms with Crippen molar-refractivity contribution in [3.8, 4) is 0 Å². The number of hydrogen-bond donors (Lipinski definition) is 1. The third kappa shape index (κ3) is 2.19. The van der Waals surface area contributed by atoms with Crippen LogP contribution in [0, 0.1) is 5.92 Å². The van der Waals surface area contributed by atoms with Gasteiger partial charge in [-0.1, -0.05) is 42.5 Å². The highest BCUT2D eigenvalue weighted by molar-refractivity contribution is 7.17. The molecule has 1 atom stereocenters. The van der Waals surface area contributed by atoms with Crippen molar-refractivity contribution in [2.24, 2.45) is 5.92 Å². The van der Waals surface area contributed by atoms with Crippen LogP contribution in [0.25, 0.3) is 10.1 Å². The van der Waals surface area contributed by atoms with Crippen LogP contribution in [0.3, 0.4) is 0 Å². The monoisotopic (exact) mass is 293 g/mol. The van der Waals surface area contributed by atoms with Gasteiger partial charge in [-0.2, -0.15) is 0 Å². The second-order valence-electron chi connectivity index (χ2n) is 5.89. The summed E-state index contributed by atoms with van der Waals surface area (Å²) in [5, 5.41) is 7.15. The molecule has 106 valence electrons. The van der Waals surface area contributed by atoms with Crippen LogP contribution in [-0.2, 0) is 12.8 Å². The largest absolute Gasteiger partial charge is 0.313 e. The third-order valence-electron chi connectivity index (χ3n) is 4.71. The van der Waals surface area contributed by atoms with E-state index in [0.717, 1.165) is 0 Å². The van der Waals surface area contributed by atoms with E-state index in [-0.39, 0.29) is 0 Å². The molecule has 4 rings (SSSR count). The second kappa shape index (κ2) is 5.28. The van der Waals surface area contributed by atoms with Gasteiger partial charge in [-0.3, -0.25) is 0 Å². The maximum Gasteiger partial charge on any atom is 0.0390 e. The van der Waals surface area contributed by atoms with E-state index in [1.807, 2.05) is 11.3 Å². The Kier molecular flexibility index (Phi) is 3.28. The molecule has 1 aliphatic rings. The molecule has 0 bridgehead atoms. The maximum atomic E-state index is 3.58. The van der Waals surface area contributed by atoms with E-state index in [9.17, 15) is 0 Å². The summed E-state index contributed by atoms with van der Waals surface area (Å²) in [7, 11) is 2.10. The lowest BCUT2D eigenvalue weighted by Crippen LogP contribution is -2.25. The van der Waals surface area contributed by atoms with Gasteiger partial charge < -0.3 is 5.32 Å². The van der Waals surface area contributed by atoms with Crippen molar-refractivity contribution in [3.63, 3.8) is 0 Å². The SMILES string of the molecule is CNC(c1cccc2ccsc12)C1Cc2ccccc2C1. The first-order chi connectivity index (χ1) is 10.4. The molecule has 1 N–H and O–H groups in total. The maximum absolute atomic E-state index is 3.58. The standard InChI is InChI=1S/C19H19NS/c1-20-18(16-11-14-5-2-3-6-15(14)12-16)17-8-4-7-13-9-10-21-19(13)17/h2-10,16,18,20H,11-12H2,1H3. The first-order valence-corrected chi connectivity index (χ1v) is 8.45. The Balaban J connectivity index is 1.72. The van der Waals surface area contributed by atoms with E-state index in [0.29, 0.717) is 12.0 Å². The van der Waals surface area contributed by atoms with Crippen LogP contribution in [-0.4, -0.2) is 7.05 Å². The summed E-state index contributed by atoms with van der Waals surface area (Å²) >= 11 is 1.86. The molecule has 3 aromatic rings. The van der Waals surface area contributed by atoms with Crippen molar-refractivity contribution in [3.05, 3.63) is 70.6 Å². The summed E-state index contributed by atoms with van der Waals surface area (Å²) in [4.78, 5) is 0. The first-order valence-electron chi connectivity index (χ1n) is 7.57. The highest BCUT2D eigenvalue weighted by Crippen LogP contribution is 2.38. The minimum absolute atomic E-state index is 0.430. The lowest BCUT2D eigenvalue weighted by Gasteiger charge is -2.24. The van der Waals surface area contributed by atoms with Crippen LogP contribution in [0.1, 0.15) is 22.7 Å². The molecule has 0 aliphatic heterocycles. The Bertz CT molecular complexity index is 749. The van der Waals surface area contributed by atoms with Gasteiger partial charge in [0.1, 0.15) is 0 Å². The molecule has 0 fully saturated rings. The molecule has 1 aliphatic carbocycles. The van der Waals surface area contributed by atoms with Gasteiger partial charge in [0.05, 0.1) is 0 Å². The second-order valence-corrected chi connectivity index (χ2v) is 6.81. The summed E-state index contributed by atoms with van der Waals surface area (Å²) < 4.78 is 1.44. The number of nitrogens with one attached hydrogen (secondary N) is 1. The fourth-order valence-corrected chi connectivity index (χ4v) is 4.69. The predicted octanol–water partition coefficient (Wildman–Crippen LogP) is 4.58. The van der Waals surface area contributed by atoms with Gasteiger partial charge in [0, 0.05) is 10.7 Å². The van der Waals surface area contributed by atoms with Crippen molar-refractivity contribution in [2.75, 3.05) is 7.05 Å². The number of fused-ring (bicyclic) bond motifs is 2. The molecule has 2 aromatic carbocycles. The Labute approximate surface area is 129 Å². The van der Waals surface area contributed by atoms with E-state index in [4.69, 9.17) is 0 Å². The number of hydrogen-bond acceptors (Lipinski definition) is 2. The predicted molar refractivity (Wildman–Crippen MR) is 91.0 cm³/mol. The fourth-order valence-electron chi connectivity index (χ4n) is 3.73. The lowest BCUT2D eigenvalue weighted by molar-refractivity contribution is 0.399. The zero-order valence-corrected chi connectivity index (χ0v) is 13.0. The molecule has 1 unspecified atom stereocenters. The van der Waals surface area contributed by atoms with Crippen molar-refractivity contribution >= 4 is 21.4 Å². The van der Waals surface area contributed by atoms with Crippen molar-refractivity contribution in [1.29, 1.82) is 0 Å². The topological polar surface area (TPSA) is 12.0 Å². The summed E-state index contributed by atoms with van der Waals surface area (Å²) in [6.45, 7) is 0. The Morgan fingerprint density at radius 3 is 2.48 bits per heavy atom. The summed E-state index contributed by atoms with van der Waals surface area (Å²) in [5.74, 6) is 0.653. The molecule has 0 saturated heterocycles. The average molecular weight is 293 g/mol. The minimum atomic E-state index is 0.430. The summed E-state index contributed by atoms with van der Waals surface area (Å²) in [6, 6.07) is 18.2. The van der Waals surface area contributed by atoms with Crippen molar-refractivity contribution in [1.82, 2.24) is 5.32 Å². The van der Waals surface area contributed by atoms with Gasteiger partial charge in [-0.25, -0.2) is 0 Å². The van der Waals surface area contributed by atoms with Crippen molar-refractivity contribution in [2.45, 2.75) is 18.9 Å². The molecule has 0 radical (unpaired) electrons. The van der Waals surface area contributed by atoms with E-state index in [1.54, 1.807) is 0 Å². The molecule has 1 aromatic heterocycles. The Hall–Kier alpha value is -1.64. The van der Waals surface area contributed by atoms with Gasteiger partial charge in [-0.15, -0.1) is 11.3 Å². The highest BCUT2D eigenvalue weighted by atomic mass is 32.1. The summed E-state index contributed by atoms with van der Waals surface area (Å²) in [5.41, 5.74) is 4.52.